The van der Waals surface area contributed by atoms with E-state index < -0.39 is 6.10 Å². The van der Waals surface area contributed by atoms with Crippen LogP contribution in [0.25, 0.3) is 0 Å². The van der Waals surface area contributed by atoms with Gasteiger partial charge < -0.3 is 24.6 Å². The normalized spacial score (nSPS) is 12.2. The highest BCUT2D eigenvalue weighted by Gasteiger charge is 2.05. The second-order valence-electron chi connectivity index (χ2n) is 3.81. The minimum atomic E-state index is -0.633. The zero-order valence-electron chi connectivity index (χ0n) is 10.9. The van der Waals surface area contributed by atoms with Crippen LogP contribution in [0.4, 0.5) is 5.69 Å². The second kappa shape index (κ2) is 8.74. The van der Waals surface area contributed by atoms with Crippen LogP contribution in [0.1, 0.15) is 0 Å². The minimum Gasteiger partial charge on any atom is -0.491 e. The third-order valence-corrected chi connectivity index (χ3v) is 2.33. The standard InChI is InChI=1S/C13H21NO4/c1-14-11-3-5-13(6-4-11)18-10-12(15)9-17-8-7-16-2/h3-6,12,14-15H,7-10H2,1-2H3. The Morgan fingerprint density at radius 1 is 1.17 bits per heavy atom. The summed E-state index contributed by atoms with van der Waals surface area (Å²) in [6, 6.07) is 7.53. The van der Waals surface area contributed by atoms with E-state index in [1.165, 1.54) is 0 Å². The van der Waals surface area contributed by atoms with Crippen molar-refractivity contribution >= 4 is 5.69 Å². The first kappa shape index (κ1) is 14.8. The van der Waals surface area contributed by atoms with Gasteiger partial charge in [-0.1, -0.05) is 0 Å². The van der Waals surface area contributed by atoms with E-state index in [1.807, 2.05) is 31.3 Å². The van der Waals surface area contributed by atoms with Gasteiger partial charge in [-0.05, 0) is 24.3 Å². The van der Waals surface area contributed by atoms with Gasteiger partial charge >= 0.3 is 0 Å². The van der Waals surface area contributed by atoms with Gasteiger partial charge in [-0.25, -0.2) is 0 Å². The zero-order valence-corrected chi connectivity index (χ0v) is 10.9. The lowest BCUT2D eigenvalue weighted by molar-refractivity contribution is -0.00419. The Hall–Kier alpha value is -1.30. The Kier molecular flexibility index (Phi) is 7.17. The van der Waals surface area contributed by atoms with Crippen molar-refractivity contribution in [3.63, 3.8) is 0 Å². The number of rotatable bonds is 9. The maximum atomic E-state index is 9.61. The zero-order chi connectivity index (χ0) is 13.2. The molecule has 0 spiro atoms. The number of anilines is 1. The van der Waals surface area contributed by atoms with E-state index in [2.05, 4.69) is 5.32 Å². The van der Waals surface area contributed by atoms with Gasteiger partial charge in [-0.15, -0.1) is 0 Å². The van der Waals surface area contributed by atoms with Crippen molar-refractivity contribution in [2.75, 3.05) is 45.9 Å². The minimum absolute atomic E-state index is 0.214. The Bertz CT molecular complexity index is 315. The molecule has 0 saturated heterocycles. The highest BCUT2D eigenvalue weighted by atomic mass is 16.5. The monoisotopic (exact) mass is 255 g/mol. The summed E-state index contributed by atoms with van der Waals surface area (Å²) in [6.45, 7) is 1.47. The summed E-state index contributed by atoms with van der Waals surface area (Å²) in [5.74, 6) is 0.727. The Labute approximate surface area is 108 Å². The number of aliphatic hydroxyl groups is 1. The average molecular weight is 255 g/mol. The summed E-state index contributed by atoms with van der Waals surface area (Å²) in [6.07, 6.45) is -0.633. The lowest BCUT2D eigenvalue weighted by Gasteiger charge is -2.13. The number of hydrogen-bond acceptors (Lipinski definition) is 5. The van der Waals surface area contributed by atoms with Gasteiger partial charge in [-0.2, -0.15) is 0 Å². The van der Waals surface area contributed by atoms with Gasteiger partial charge in [0.05, 0.1) is 19.8 Å². The predicted octanol–water partition coefficient (Wildman–Crippen LogP) is 1.13. The number of hydrogen-bond donors (Lipinski definition) is 2. The van der Waals surface area contributed by atoms with Gasteiger partial charge in [0.25, 0.3) is 0 Å². The number of ether oxygens (including phenoxy) is 3. The average Bonchev–Trinajstić information content (AvgIpc) is 2.42. The number of methoxy groups -OCH3 is 1. The van der Waals surface area contributed by atoms with Crippen molar-refractivity contribution in [3.05, 3.63) is 24.3 Å². The molecule has 1 rings (SSSR count). The SMILES string of the molecule is CNc1ccc(OCC(O)COCCOC)cc1. The van der Waals surface area contributed by atoms with Gasteiger partial charge in [0, 0.05) is 19.8 Å². The molecule has 0 aliphatic heterocycles. The molecular formula is C13H21NO4. The topological polar surface area (TPSA) is 60.0 Å². The molecule has 1 aromatic rings. The van der Waals surface area contributed by atoms with Crippen molar-refractivity contribution in [3.8, 4) is 5.75 Å². The fourth-order valence-corrected chi connectivity index (χ4v) is 1.32. The molecule has 1 unspecified atom stereocenters. The number of aliphatic hydroxyl groups excluding tert-OH is 1. The highest BCUT2D eigenvalue weighted by Crippen LogP contribution is 2.15. The van der Waals surface area contributed by atoms with Crippen LogP contribution in [0, 0.1) is 0 Å². The van der Waals surface area contributed by atoms with Crippen molar-refractivity contribution in [1.29, 1.82) is 0 Å². The largest absolute Gasteiger partial charge is 0.491 e. The third-order valence-electron chi connectivity index (χ3n) is 2.33. The molecule has 102 valence electrons. The molecule has 0 aliphatic rings. The summed E-state index contributed by atoms with van der Waals surface area (Å²) >= 11 is 0. The fourth-order valence-electron chi connectivity index (χ4n) is 1.32. The predicted molar refractivity (Wildman–Crippen MR) is 70.2 cm³/mol. The lowest BCUT2D eigenvalue weighted by Crippen LogP contribution is -2.24. The van der Waals surface area contributed by atoms with Gasteiger partial charge in [-0.3, -0.25) is 0 Å². The molecule has 0 radical (unpaired) electrons. The lowest BCUT2D eigenvalue weighted by atomic mass is 10.3. The quantitative estimate of drug-likeness (QED) is 0.648. The highest BCUT2D eigenvalue weighted by molar-refractivity contribution is 5.45. The van der Waals surface area contributed by atoms with Crippen LogP contribution < -0.4 is 10.1 Å². The fraction of sp³-hybridized carbons (Fsp3) is 0.538. The molecule has 0 aliphatic carbocycles. The van der Waals surface area contributed by atoms with Crippen LogP contribution in [-0.2, 0) is 9.47 Å². The van der Waals surface area contributed by atoms with Crippen molar-refractivity contribution < 1.29 is 19.3 Å². The molecule has 2 N–H and O–H groups in total. The molecule has 0 aromatic heterocycles. The first-order chi connectivity index (χ1) is 8.76. The summed E-state index contributed by atoms with van der Waals surface area (Å²) in [5.41, 5.74) is 1.02. The molecule has 0 amide bonds. The summed E-state index contributed by atoms with van der Waals surface area (Å²) in [5, 5.41) is 12.6. The van der Waals surface area contributed by atoms with Crippen LogP contribution in [0.3, 0.4) is 0 Å². The van der Waals surface area contributed by atoms with Crippen molar-refractivity contribution in [2.45, 2.75) is 6.10 Å². The molecule has 0 heterocycles. The van der Waals surface area contributed by atoms with Gasteiger partial charge in [0.2, 0.25) is 0 Å². The first-order valence-electron chi connectivity index (χ1n) is 5.91. The van der Waals surface area contributed by atoms with Crippen LogP contribution in [0.15, 0.2) is 24.3 Å². The Morgan fingerprint density at radius 3 is 2.50 bits per heavy atom. The van der Waals surface area contributed by atoms with E-state index in [-0.39, 0.29) is 13.2 Å². The number of nitrogens with one attached hydrogen (secondary N) is 1. The van der Waals surface area contributed by atoms with Crippen LogP contribution >= 0.6 is 0 Å². The van der Waals surface area contributed by atoms with Crippen molar-refractivity contribution in [2.24, 2.45) is 0 Å². The van der Waals surface area contributed by atoms with Gasteiger partial charge in [0.1, 0.15) is 18.5 Å². The molecule has 0 bridgehead atoms. The van der Waals surface area contributed by atoms with Crippen LogP contribution in [-0.4, -0.2) is 51.8 Å². The van der Waals surface area contributed by atoms with E-state index in [0.29, 0.717) is 13.2 Å². The smallest absolute Gasteiger partial charge is 0.119 e. The molecule has 0 saturated carbocycles. The van der Waals surface area contributed by atoms with E-state index in [4.69, 9.17) is 14.2 Å². The number of benzene rings is 1. The van der Waals surface area contributed by atoms with Gasteiger partial charge in [0.15, 0.2) is 0 Å². The molecular weight excluding hydrogens is 234 g/mol. The summed E-state index contributed by atoms with van der Waals surface area (Å²) < 4.78 is 15.5. The molecule has 1 atom stereocenters. The summed E-state index contributed by atoms with van der Waals surface area (Å²) in [7, 11) is 3.47. The van der Waals surface area contributed by atoms with Crippen LogP contribution in [0.5, 0.6) is 5.75 Å². The Morgan fingerprint density at radius 2 is 1.89 bits per heavy atom. The second-order valence-corrected chi connectivity index (χ2v) is 3.81. The van der Waals surface area contributed by atoms with Crippen molar-refractivity contribution in [1.82, 2.24) is 0 Å². The molecule has 5 nitrogen and oxygen atoms in total. The molecule has 1 aromatic carbocycles. The summed E-state index contributed by atoms with van der Waals surface area (Å²) in [4.78, 5) is 0. The van der Waals surface area contributed by atoms with Crippen LogP contribution in [0.2, 0.25) is 0 Å². The third kappa shape index (κ3) is 5.86. The van der Waals surface area contributed by atoms with E-state index >= 15 is 0 Å². The van der Waals surface area contributed by atoms with E-state index in [0.717, 1.165) is 11.4 Å². The maximum Gasteiger partial charge on any atom is 0.119 e. The van der Waals surface area contributed by atoms with E-state index in [1.54, 1.807) is 7.11 Å². The molecule has 5 heteroatoms. The Balaban J connectivity index is 2.18. The molecule has 0 fully saturated rings. The first-order valence-corrected chi connectivity index (χ1v) is 5.91. The van der Waals surface area contributed by atoms with E-state index in [9.17, 15) is 5.11 Å². The molecule has 18 heavy (non-hydrogen) atoms. The maximum absolute atomic E-state index is 9.61.